The van der Waals surface area contributed by atoms with Gasteiger partial charge < -0.3 is 10.5 Å². The summed E-state index contributed by atoms with van der Waals surface area (Å²) in [6.07, 6.45) is 1.03. The summed E-state index contributed by atoms with van der Waals surface area (Å²) >= 11 is 6.25. The van der Waals surface area contributed by atoms with Crippen LogP contribution in [-0.2, 0) is 6.42 Å². The van der Waals surface area contributed by atoms with Crippen molar-refractivity contribution in [1.82, 2.24) is 0 Å². The topological polar surface area (TPSA) is 35.2 Å². The van der Waals surface area contributed by atoms with E-state index in [4.69, 9.17) is 22.1 Å². The van der Waals surface area contributed by atoms with Gasteiger partial charge in [-0.25, -0.2) is 0 Å². The lowest BCUT2D eigenvalue weighted by molar-refractivity contribution is 0.414. The van der Waals surface area contributed by atoms with E-state index in [0.717, 1.165) is 23.3 Å². The second-order valence-electron chi connectivity index (χ2n) is 4.46. The van der Waals surface area contributed by atoms with E-state index in [0.29, 0.717) is 5.02 Å². The highest BCUT2D eigenvalue weighted by Gasteiger charge is 2.13. The molecular weight excluding hydrogens is 258 g/mol. The number of methoxy groups -OCH3 is 1. The van der Waals surface area contributed by atoms with Crippen molar-refractivity contribution in [2.24, 2.45) is 5.73 Å². The van der Waals surface area contributed by atoms with Crippen molar-refractivity contribution in [3.8, 4) is 5.75 Å². The van der Waals surface area contributed by atoms with Gasteiger partial charge in [-0.05, 0) is 35.2 Å². The smallest absolute Gasteiger partial charge is 0.120 e. The molecule has 3 heteroatoms. The molecule has 0 amide bonds. The third-order valence-corrected chi connectivity index (χ3v) is 3.62. The summed E-state index contributed by atoms with van der Waals surface area (Å²) in [6.45, 7) is 2.13. The summed E-state index contributed by atoms with van der Waals surface area (Å²) in [7, 11) is 1.62. The van der Waals surface area contributed by atoms with Crippen molar-refractivity contribution in [2.45, 2.75) is 19.4 Å². The van der Waals surface area contributed by atoms with Gasteiger partial charge in [-0.15, -0.1) is 0 Å². The summed E-state index contributed by atoms with van der Waals surface area (Å²) < 4.78 is 5.14. The minimum atomic E-state index is -0.218. The molecule has 0 bridgehead atoms. The van der Waals surface area contributed by atoms with Crippen LogP contribution in [0.4, 0.5) is 0 Å². The zero-order valence-corrected chi connectivity index (χ0v) is 11.9. The SMILES string of the molecule is CCc1ccc(C(N)c2ccc(OC)cc2Cl)cc1. The van der Waals surface area contributed by atoms with Crippen molar-refractivity contribution in [2.75, 3.05) is 7.11 Å². The van der Waals surface area contributed by atoms with Crippen molar-refractivity contribution in [3.63, 3.8) is 0 Å². The summed E-state index contributed by atoms with van der Waals surface area (Å²) in [4.78, 5) is 0. The van der Waals surface area contributed by atoms with Gasteiger partial charge in [0.05, 0.1) is 13.2 Å². The van der Waals surface area contributed by atoms with Crippen LogP contribution in [-0.4, -0.2) is 7.11 Å². The number of ether oxygens (including phenoxy) is 1. The highest BCUT2D eigenvalue weighted by molar-refractivity contribution is 6.31. The number of nitrogens with two attached hydrogens (primary N) is 1. The second kappa shape index (κ2) is 6.09. The molecule has 0 heterocycles. The van der Waals surface area contributed by atoms with Crippen LogP contribution in [0.5, 0.6) is 5.75 Å². The molecule has 2 rings (SSSR count). The van der Waals surface area contributed by atoms with Crippen LogP contribution in [0.2, 0.25) is 5.02 Å². The predicted octanol–water partition coefficient (Wildman–Crippen LogP) is 3.96. The molecule has 100 valence electrons. The van der Waals surface area contributed by atoms with Crippen LogP contribution in [0.15, 0.2) is 42.5 Å². The lowest BCUT2D eigenvalue weighted by Crippen LogP contribution is -2.12. The van der Waals surface area contributed by atoms with Crippen LogP contribution in [0.25, 0.3) is 0 Å². The normalized spacial score (nSPS) is 12.2. The molecule has 0 aliphatic heterocycles. The highest BCUT2D eigenvalue weighted by atomic mass is 35.5. The third kappa shape index (κ3) is 3.09. The summed E-state index contributed by atoms with van der Waals surface area (Å²) in [5, 5.41) is 0.631. The van der Waals surface area contributed by atoms with Gasteiger partial charge in [0.1, 0.15) is 5.75 Å². The minimum absolute atomic E-state index is 0.218. The van der Waals surface area contributed by atoms with Gasteiger partial charge in [0, 0.05) is 5.02 Å². The standard InChI is InChI=1S/C16H18ClNO/c1-3-11-4-6-12(7-5-11)16(18)14-9-8-13(19-2)10-15(14)17/h4-10,16H,3,18H2,1-2H3. The zero-order chi connectivity index (χ0) is 13.8. The van der Waals surface area contributed by atoms with Crippen molar-refractivity contribution < 1.29 is 4.74 Å². The largest absolute Gasteiger partial charge is 0.497 e. The molecular formula is C16H18ClNO. The Bertz CT molecular complexity index is 551. The van der Waals surface area contributed by atoms with Crippen LogP contribution in [0, 0.1) is 0 Å². The first kappa shape index (κ1) is 13.9. The molecule has 0 radical (unpaired) electrons. The average molecular weight is 276 g/mol. The van der Waals surface area contributed by atoms with Gasteiger partial charge in [0.15, 0.2) is 0 Å². The molecule has 0 aliphatic rings. The van der Waals surface area contributed by atoms with E-state index in [1.807, 2.05) is 12.1 Å². The fraction of sp³-hybridized carbons (Fsp3) is 0.250. The Hall–Kier alpha value is -1.51. The van der Waals surface area contributed by atoms with Gasteiger partial charge >= 0.3 is 0 Å². The van der Waals surface area contributed by atoms with Gasteiger partial charge in [-0.1, -0.05) is 48.9 Å². The Morgan fingerprint density at radius 3 is 2.37 bits per heavy atom. The monoisotopic (exact) mass is 275 g/mol. The average Bonchev–Trinajstić information content (AvgIpc) is 2.46. The number of rotatable bonds is 4. The predicted molar refractivity (Wildman–Crippen MR) is 79.9 cm³/mol. The number of hydrogen-bond donors (Lipinski definition) is 1. The summed E-state index contributed by atoms with van der Waals surface area (Å²) in [6, 6.07) is 13.7. The Balaban J connectivity index is 2.29. The first-order valence-corrected chi connectivity index (χ1v) is 6.71. The first-order chi connectivity index (χ1) is 9.15. The van der Waals surface area contributed by atoms with Gasteiger partial charge in [-0.2, -0.15) is 0 Å². The minimum Gasteiger partial charge on any atom is -0.497 e. The molecule has 1 atom stereocenters. The van der Waals surface area contributed by atoms with Gasteiger partial charge in [-0.3, -0.25) is 0 Å². The van der Waals surface area contributed by atoms with E-state index in [9.17, 15) is 0 Å². The number of hydrogen-bond acceptors (Lipinski definition) is 2. The van der Waals surface area contributed by atoms with E-state index in [1.54, 1.807) is 13.2 Å². The molecule has 0 aromatic heterocycles. The number of aryl methyl sites for hydroxylation is 1. The summed E-state index contributed by atoms with van der Waals surface area (Å²) in [5.74, 6) is 0.738. The van der Waals surface area contributed by atoms with Gasteiger partial charge in [0.2, 0.25) is 0 Å². The lowest BCUT2D eigenvalue weighted by Gasteiger charge is -2.15. The van der Waals surface area contributed by atoms with Crippen LogP contribution < -0.4 is 10.5 Å². The molecule has 1 unspecified atom stereocenters. The molecule has 2 aromatic rings. The molecule has 0 saturated heterocycles. The molecule has 0 aliphatic carbocycles. The first-order valence-electron chi connectivity index (χ1n) is 6.33. The van der Waals surface area contributed by atoms with Crippen molar-refractivity contribution >= 4 is 11.6 Å². The number of benzene rings is 2. The van der Waals surface area contributed by atoms with Crippen LogP contribution in [0.3, 0.4) is 0 Å². The second-order valence-corrected chi connectivity index (χ2v) is 4.87. The van der Waals surface area contributed by atoms with E-state index < -0.39 is 0 Å². The van der Waals surface area contributed by atoms with Crippen molar-refractivity contribution in [1.29, 1.82) is 0 Å². The molecule has 2 N–H and O–H groups in total. The Morgan fingerprint density at radius 1 is 1.16 bits per heavy atom. The Kier molecular flexibility index (Phi) is 4.46. The maximum absolute atomic E-state index is 6.27. The Labute approximate surface area is 119 Å². The molecule has 0 spiro atoms. The van der Waals surface area contributed by atoms with Gasteiger partial charge in [0.25, 0.3) is 0 Å². The zero-order valence-electron chi connectivity index (χ0n) is 11.2. The Morgan fingerprint density at radius 2 is 1.84 bits per heavy atom. The quantitative estimate of drug-likeness (QED) is 0.917. The fourth-order valence-corrected chi connectivity index (χ4v) is 2.32. The molecule has 2 aromatic carbocycles. The number of halogens is 1. The molecule has 0 saturated carbocycles. The molecule has 2 nitrogen and oxygen atoms in total. The van der Waals surface area contributed by atoms with E-state index in [1.165, 1.54) is 5.56 Å². The lowest BCUT2D eigenvalue weighted by atomic mass is 9.98. The molecule has 0 fully saturated rings. The maximum Gasteiger partial charge on any atom is 0.120 e. The third-order valence-electron chi connectivity index (χ3n) is 3.29. The van der Waals surface area contributed by atoms with E-state index >= 15 is 0 Å². The van der Waals surface area contributed by atoms with Crippen LogP contribution in [0.1, 0.15) is 29.7 Å². The van der Waals surface area contributed by atoms with Crippen molar-refractivity contribution in [3.05, 3.63) is 64.2 Å². The highest BCUT2D eigenvalue weighted by Crippen LogP contribution is 2.29. The maximum atomic E-state index is 6.27. The van der Waals surface area contributed by atoms with E-state index in [2.05, 4.69) is 31.2 Å². The molecule has 19 heavy (non-hydrogen) atoms. The fourth-order valence-electron chi connectivity index (χ4n) is 2.03. The van der Waals surface area contributed by atoms with E-state index in [-0.39, 0.29) is 6.04 Å². The summed E-state index contributed by atoms with van der Waals surface area (Å²) in [5.41, 5.74) is 9.55. The van der Waals surface area contributed by atoms with Crippen LogP contribution >= 0.6 is 11.6 Å².